The van der Waals surface area contributed by atoms with E-state index in [0.29, 0.717) is 13.0 Å². The molecule has 1 N–H and O–H groups in total. The van der Waals surface area contributed by atoms with E-state index in [1.807, 2.05) is 38.1 Å². The topological polar surface area (TPSA) is 55.4 Å². The minimum absolute atomic E-state index is 0.116. The van der Waals surface area contributed by atoms with Crippen LogP contribution < -0.4 is 5.32 Å². The fourth-order valence-corrected chi connectivity index (χ4v) is 4.87. The smallest absolute Gasteiger partial charge is 0.157 e. The Bertz CT molecular complexity index is 539. The molecule has 0 aliphatic carbocycles. The van der Waals surface area contributed by atoms with Gasteiger partial charge in [0, 0.05) is 12.6 Å². The fraction of sp³-hybridized carbons (Fsp3) is 0.600. The van der Waals surface area contributed by atoms with Gasteiger partial charge in [0.1, 0.15) is 0 Å². The molecule has 0 bridgehead atoms. The van der Waals surface area contributed by atoms with E-state index in [9.17, 15) is 8.42 Å². The highest BCUT2D eigenvalue weighted by Crippen LogP contribution is 2.25. The van der Waals surface area contributed by atoms with Crippen LogP contribution in [-0.4, -0.2) is 39.2 Å². The van der Waals surface area contributed by atoms with Gasteiger partial charge < -0.3 is 10.1 Å². The monoisotopic (exact) mass is 297 g/mol. The van der Waals surface area contributed by atoms with Gasteiger partial charge in [-0.3, -0.25) is 0 Å². The van der Waals surface area contributed by atoms with Crippen molar-refractivity contribution in [1.29, 1.82) is 0 Å². The summed E-state index contributed by atoms with van der Waals surface area (Å²) < 4.78 is 30.5. The fourth-order valence-electron chi connectivity index (χ4n) is 2.68. The average Bonchev–Trinajstić information content (AvgIpc) is 2.84. The van der Waals surface area contributed by atoms with E-state index in [2.05, 4.69) is 5.32 Å². The van der Waals surface area contributed by atoms with E-state index in [-0.39, 0.29) is 23.1 Å². The van der Waals surface area contributed by atoms with Crippen molar-refractivity contribution < 1.29 is 13.2 Å². The van der Waals surface area contributed by atoms with Crippen molar-refractivity contribution in [3.8, 4) is 0 Å². The van der Waals surface area contributed by atoms with Crippen molar-refractivity contribution in [3.05, 3.63) is 35.4 Å². The number of ether oxygens (including phenoxy) is 1. The predicted molar refractivity (Wildman–Crippen MR) is 80.6 cm³/mol. The summed E-state index contributed by atoms with van der Waals surface area (Å²) in [5.74, 6) is 0.116. The van der Waals surface area contributed by atoms with Crippen LogP contribution in [0.1, 0.15) is 30.5 Å². The Kier molecular flexibility index (Phi) is 4.83. The van der Waals surface area contributed by atoms with E-state index in [4.69, 9.17) is 4.74 Å². The van der Waals surface area contributed by atoms with E-state index in [1.54, 1.807) is 7.05 Å². The van der Waals surface area contributed by atoms with Gasteiger partial charge in [-0.15, -0.1) is 0 Å². The standard InChI is InChI=1S/C15H23NO3S/c1-11-4-6-13(7-5-11)14(16-3)10-20(17,18)15-8-9-19-12(15)2/h4-7,12,14-16H,8-10H2,1-3H3. The molecular formula is C15H23NO3S. The van der Waals surface area contributed by atoms with Gasteiger partial charge >= 0.3 is 0 Å². The van der Waals surface area contributed by atoms with Crippen LogP contribution in [0.4, 0.5) is 0 Å². The normalized spacial score (nSPS) is 24.8. The van der Waals surface area contributed by atoms with E-state index in [0.717, 1.165) is 5.56 Å². The maximum atomic E-state index is 12.5. The van der Waals surface area contributed by atoms with Gasteiger partial charge in [-0.1, -0.05) is 29.8 Å². The van der Waals surface area contributed by atoms with Gasteiger partial charge in [0.25, 0.3) is 0 Å². The zero-order chi connectivity index (χ0) is 14.8. The number of hydrogen-bond acceptors (Lipinski definition) is 4. The van der Waals surface area contributed by atoms with E-state index in [1.165, 1.54) is 5.56 Å². The predicted octanol–water partition coefficient (Wildman–Crippen LogP) is 1.85. The summed E-state index contributed by atoms with van der Waals surface area (Å²) in [4.78, 5) is 0. The zero-order valence-electron chi connectivity index (χ0n) is 12.3. The highest BCUT2D eigenvalue weighted by atomic mass is 32.2. The third kappa shape index (κ3) is 3.40. The summed E-state index contributed by atoms with van der Waals surface area (Å²) in [6.45, 7) is 4.40. The molecule has 1 heterocycles. The van der Waals surface area contributed by atoms with Crippen LogP contribution >= 0.6 is 0 Å². The molecule has 1 fully saturated rings. The van der Waals surface area contributed by atoms with Gasteiger partial charge in [0.2, 0.25) is 0 Å². The molecule has 2 rings (SSSR count). The number of aryl methyl sites for hydroxylation is 1. The quantitative estimate of drug-likeness (QED) is 0.901. The molecular weight excluding hydrogens is 274 g/mol. The lowest BCUT2D eigenvalue weighted by Crippen LogP contribution is -2.35. The van der Waals surface area contributed by atoms with E-state index < -0.39 is 9.84 Å². The summed E-state index contributed by atoms with van der Waals surface area (Å²) in [6.07, 6.45) is 0.406. The van der Waals surface area contributed by atoms with Crippen LogP contribution in [0.3, 0.4) is 0 Å². The van der Waals surface area contributed by atoms with Crippen molar-refractivity contribution in [1.82, 2.24) is 5.32 Å². The minimum atomic E-state index is -3.17. The molecule has 20 heavy (non-hydrogen) atoms. The third-order valence-corrected chi connectivity index (χ3v) is 6.33. The lowest BCUT2D eigenvalue weighted by molar-refractivity contribution is 0.126. The summed E-state index contributed by atoms with van der Waals surface area (Å²) in [6, 6.07) is 7.82. The van der Waals surface area contributed by atoms with Crippen LogP contribution in [0.2, 0.25) is 0 Å². The van der Waals surface area contributed by atoms with Gasteiger partial charge in [-0.2, -0.15) is 0 Å². The Morgan fingerprint density at radius 1 is 1.35 bits per heavy atom. The number of nitrogens with one attached hydrogen (secondary N) is 1. The maximum absolute atomic E-state index is 12.5. The number of rotatable bonds is 5. The van der Waals surface area contributed by atoms with Crippen LogP contribution in [0.15, 0.2) is 24.3 Å². The summed E-state index contributed by atoms with van der Waals surface area (Å²) in [7, 11) is -1.37. The number of hydrogen-bond donors (Lipinski definition) is 1. The van der Waals surface area contributed by atoms with Crippen LogP contribution in [0.25, 0.3) is 0 Å². The highest BCUT2D eigenvalue weighted by molar-refractivity contribution is 7.92. The second kappa shape index (κ2) is 6.24. The molecule has 0 saturated carbocycles. The Hall–Kier alpha value is -0.910. The Labute approximate surface area is 121 Å². The van der Waals surface area contributed by atoms with Gasteiger partial charge in [0.15, 0.2) is 9.84 Å². The Morgan fingerprint density at radius 2 is 2.00 bits per heavy atom. The third-order valence-electron chi connectivity index (χ3n) is 4.00. The largest absolute Gasteiger partial charge is 0.377 e. The molecule has 0 radical (unpaired) electrons. The van der Waals surface area contributed by atoms with E-state index >= 15 is 0 Å². The molecule has 1 aromatic rings. The summed E-state index contributed by atoms with van der Waals surface area (Å²) in [5.41, 5.74) is 2.18. The van der Waals surface area contributed by atoms with Gasteiger partial charge in [-0.05, 0) is 32.9 Å². The molecule has 3 atom stereocenters. The first kappa shape index (κ1) is 15.5. The molecule has 0 aromatic heterocycles. The first-order valence-electron chi connectivity index (χ1n) is 7.01. The lowest BCUT2D eigenvalue weighted by Gasteiger charge is -2.21. The van der Waals surface area contributed by atoms with Crippen molar-refractivity contribution in [3.63, 3.8) is 0 Å². The number of benzene rings is 1. The van der Waals surface area contributed by atoms with Crippen molar-refractivity contribution >= 4 is 9.84 Å². The molecule has 3 unspecified atom stereocenters. The Morgan fingerprint density at radius 3 is 2.50 bits per heavy atom. The SMILES string of the molecule is CNC(CS(=O)(=O)C1CCOC1C)c1ccc(C)cc1. The maximum Gasteiger partial charge on any atom is 0.157 e. The molecule has 112 valence electrons. The van der Waals surface area contributed by atoms with Gasteiger partial charge in [0.05, 0.1) is 17.1 Å². The molecule has 1 aliphatic rings. The number of sulfone groups is 1. The molecule has 0 amide bonds. The second-order valence-electron chi connectivity index (χ2n) is 5.48. The first-order valence-corrected chi connectivity index (χ1v) is 8.72. The second-order valence-corrected chi connectivity index (χ2v) is 7.75. The molecule has 1 saturated heterocycles. The van der Waals surface area contributed by atoms with Gasteiger partial charge in [-0.25, -0.2) is 8.42 Å². The van der Waals surface area contributed by atoms with Crippen LogP contribution in [-0.2, 0) is 14.6 Å². The van der Waals surface area contributed by atoms with Crippen molar-refractivity contribution in [2.45, 2.75) is 37.7 Å². The highest BCUT2D eigenvalue weighted by Gasteiger charge is 2.37. The van der Waals surface area contributed by atoms with Crippen LogP contribution in [0, 0.1) is 6.92 Å². The minimum Gasteiger partial charge on any atom is -0.377 e. The molecule has 1 aliphatic heterocycles. The van der Waals surface area contributed by atoms with Crippen molar-refractivity contribution in [2.75, 3.05) is 19.4 Å². The molecule has 4 nitrogen and oxygen atoms in total. The average molecular weight is 297 g/mol. The first-order chi connectivity index (χ1) is 9.44. The van der Waals surface area contributed by atoms with Crippen LogP contribution in [0.5, 0.6) is 0 Å². The molecule has 1 aromatic carbocycles. The zero-order valence-corrected chi connectivity index (χ0v) is 13.1. The van der Waals surface area contributed by atoms with Crippen molar-refractivity contribution in [2.24, 2.45) is 0 Å². The summed E-state index contributed by atoms with van der Waals surface area (Å²) in [5, 5.41) is 2.74. The summed E-state index contributed by atoms with van der Waals surface area (Å²) >= 11 is 0. The molecule has 5 heteroatoms. The molecule has 0 spiro atoms. The Balaban J connectivity index is 2.15. The lowest BCUT2D eigenvalue weighted by atomic mass is 10.1.